The standard InChI is InChI=1S/C17H23N3O5/c1-2-23-17(18-5-6-20-7-9-22-10-8-20)19-16(21)13-3-4-14-15(11-13)25-12-24-14/h3-4,11H,2,5-10,12H2,1H3,(H,18,19,21). The normalized spacial score (nSPS) is 17.4. The second kappa shape index (κ2) is 8.68. The number of carbonyl (C=O) groups excluding carboxylic acids is 1. The molecule has 0 radical (unpaired) electrons. The molecule has 0 aliphatic carbocycles. The van der Waals surface area contributed by atoms with Gasteiger partial charge in [-0.25, -0.2) is 4.99 Å². The summed E-state index contributed by atoms with van der Waals surface area (Å²) in [7, 11) is 0. The van der Waals surface area contributed by atoms with Crippen molar-refractivity contribution in [2.45, 2.75) is 6.92 Å². The molecule has 2 aliphatic heterocycles. The molecule has 1 fully saturated rings. The van der Waals surface area contributed by atoms with Gasteiger partial charge >= 0.3 is 0 Å². The molecule has 1 aromatic carbocycles. The van der Waals surface area contributed by atoms with Gasteiger partial charge in [-0.15, -0.1) is 0 Å². The molecule has 2 aliphatic rings. The van der Waals surface area contributed by atoms with Gasteiger partial charge in [0, 0.05) is 25.2 Å². The number of carbonyl (C=O) groups is 1. The van der Waals surface area contributed by atoms with E-state index in [2.05, 4.69) is 15.2 Å². The Labute approximate surface area is 146 Å². The Morgan fingerprint density at radius 2 is 2.08 bits per heavy atom. The van der Waals surface area contributed by atoms with Crippen molar-refractivity contribution in [3.05, 3.63) is 23.8 Å². The second-order valence-electron chi connectivity index (χ2n) is 5.60. The molecule has 0 spiro atoms. The molecule has 8 heteroatoms. The van der Waals surface area contributed by atoms with Gasteiger partial charge in [-0.1, -0.05) is 0 Å². The molecule has 0 bridgehead atoms. The van der Waals surface area contributed by atoms with E-state index in [1.165, 1.54) is 0 Å². The number of nitrogens with zero attached hydrogens (tertiary/aromatic N) is 2. The van der Waals surface area contributed by atoms with Gasteiger partial charge in [-0.05, 0) is 25.1 Å². The molecule has 2 heterocycles. The van der Waals surface area contributed by atoms with E-state index in [0.29, 0.717) is 30.2 Å². The summed E-state index contributed by atoms with van der Waals surface area (Å²) in [5, 5.41) is 2.71. The highest BCUT2D eigenvalue weighted by Gasteiger charge is 2.17. The molecule has 1 saturated heterocycles. The Morgan fingerprint density at radius 3 is 2.88 bits per heavy atom. The molecule has 1 aromatic rings. The Balaban J connectivity index is 1.56. The van der Waals surface area contributed by atoms with Crippen molar-refractivity contribution in [2.24, 2.45) is 4.99 Å². The maximum absolute atomic E-state index is 12.4. The van der Waals surface area contributed by atoms with Crippen LogP contribution >= 0.6 is 0 Å². The van der Waals surface area contributed by atoms with Crippen LogP contribution in [0.25, 0.3) is 0 Å². The summed E-state index contributed by atoms with van der Waals surface area (Å²) in [6, 6.07) is 5.28. The fourth-order valence-corrected chi connectivity index (χ4v) is 2.58. The zero-order valence-electron chi connectivity index (χ0n) is 14.3. The van der Waals surface area contributed by atoms with E-state index in [0.717, 1.165) is 32.8 Å². The molecular weight excluding hydrogens is 326 g/mol. The molecule has 25 heavy (non-hydrogen) atoms. The fraction of sp³-hybridized carbons (Fsp3) is 0.529. The number of benzene rings is 1. The lowest BCUT2D eigenvalue weighted by molar-refractivity contribution is 0.0394. The van der Waals surface area contributed by atoms with E-state index >= 15 is 0 Å². The van der Waals surface area contributed by atoms with E-state index in [1.54, 1.807) is 18.2 Å². The quantitative estimate of drug-likeness (QED) is 0.627. The zero-order valence-corrected chi connectivity index (χ0v) is 14.3. The molecule has 136 valence electrons. The van der Waals surface area contributed by atoms with Gasteiger partial charge in [0.05, 0.1) is 26.4 Å². The molecule has 0 saturated carbocycles. The van der Waals surface area contributed by atoms with Crippen LogP contribution in [0, 0.1) is 0 Å². The first-order chi connectivity index (χ1) is 12.3. The third-order valence-corrected chi connectivity index (χ3v) is 3.91. The van der Waals surface area contributed by atoms with E-state index in [-0.39, 0.29) is 18.7 Å². The lowest BCUT2D eigenvalue weighted by Crippen LogP contribution is -2.38. The van der Waals surface area contributed by atoms with Gasteiger partial charge in [0.25, 0.3) is 11.9 Å². The summed E-state index contributed by atoms with van der Waals surface area (Å²) in [4.78, 5) is 19.0. The number of hydrogen-bond acceptors (Lipinski definition) is 7. The molecule has 0 unspecified atom stereocenters. The Kier molecular flexibility index (Phi) is 6.08. The van der Waals surface area contributed by atoms with Gasteiger partial charge in [0.1, 0.15) is 0 Å². The summed E-state index contributed by atoms with van der Waals surface area (Å²) >= 11 is 0. The summed E-state index contributed by atoms with van der Waals surface area (Å²) in [5.41, 5.74) is 0.463. The maximum atomic E-state index is 12.4. The van der Waals surface area contributed by atoms with Crippen molar-refractivity contribution in [1.82, 2.24) is 10.2 Å². The van der Waals surface area contributed by atoms with Gasteiger partial charge < -0.3 is 18.9 Å². The van der Waals surface area contributed by atoms with Crippen molar-refractivity contribution >= 4 is 11.9 Å². The van der Waals surface area contributed by atoms with Crippen molar-refractivity contribution in [3.63, 3.8) is 0 Å². The van der Waals surface area contributed by atoms with Crippen LogP contribution in [0.5, 0.6) is 11.5 Å². The molecule has 1 N–H and O–H groups in total. The number of nitrogens with one attached hydrogen (secondary N) is 1. The first-order valence-electron chi connectivity index (χ1n) is 8.44. The minimum absolute atomic E-state index is 0.174. The Morgan fingerprint density at radius 1 is 1.28 bits per heavy atom. The molecule has 0 atom stereocenters. The molecular formula is C17H23N3O5. The number of amides is 1. The summed E-state index contributed by atoms with van der Waals surface area (Å²) < 4.78 is 21.3. The lowest BCUT2D eigenvalue weighted by Gasteiger charge is -2.25. The number of ether oxygens (including phenoxy) is 4. The maximum Gasteiger partial charge on any atom is 0.291 e. The van der Waals surface area contributed by atoms with Crippen molar-refractivity contribution in [3.8, 4) is 11.5 Å². The highest BCUT2D eigenvalue weighted by atomic mass is 16.7. The fourth-order valence-electron chi connectivity index (χ4n) is 2.58. The van der Waals surface area contributed by atoms with Crippen LogP contribution in [0.3, 0.4) is 0 Å². The third-order valence-electron chi connectivity index (χ3n) is 3.91. The molecule has 3 rings (SSSR count). The summed E-state index contributed by atoms with van der Waals surface area (Å²) in [5.74, 6) is 0.910. The van der Waals surface area contributed by atoms with Crippen LogP contribution in [0.4, 0.5) is 0 Å². The van der Waals surface area contributed by atoms with E-state index in [4.69, 9.17) is 18.9 Å². The highest BCUT2D eigenvalue weighted by molar-refractivity contribution is 6.04. The zero-order chi connectivity index (χ0) is 17.5. The van der Waals surface area contributed by atoms with Crippen LogP contribution in [-0.2, 0) is 9.47 Å². The molecule has 1 amide bonds. The van der Waals surface area contributed by atoms with Crippen molar-refractivity contribution < 1.29 is 23.7 Å². The minimum Gasteiger partial charge on any atom is -0.465 e. The predicted octanol–water partition coefficient (Wildman–Crippen LogP) is 0.870. The van der Waals surface area contributed by atoms with Crippen LogP contribution < -0.4 is 14.8 Å². The van der Waals surface area contributed by atoms with E-state index in [9.17, 15) is 4.79 Å². The summed E-state index contributed by atoms with van der Waals surface area (Å²) in [6.07, 6.45) is 0. The number of morpholine rings is 1. The number of fused-ring (bicyclic) bond motifs is 1. The monoisotopic (exact) mass is 349 g/mol. The lowest BCUT2D eigenvalue weighted by atomic mass is 10.2. The third kappa shape index (κ3) is 4.83. The smallest absolute Gasteiger partial charge is 0.291 e. The van der Waals surface area contributed by atoms with E-state index < -0.39 is 0 Å². The average Bonchev–Trinajstić information content (AvgIpc) is 3.10. The number of hydrogen-bond donors (Lipinski definition) is 1. The Bertz CT molecular complexity index is 629. The van der Waals surface area contributed by atoms with Gasteiger partial charge in [-0.2, -0.15) is 0 Å². The van der Waals surface area contributed by atoms with Crippen molar-refractivity contribution in [1.29, 1.82) is 0 Å². The van der Waals surface area contributed by atoms with Gasteiger partial charge in [0.15, 0.2) is 11.5 Å². The van der Waals surface area contributed by atoms with Gasteiger partial charge in [-0.3, -0.25) is 15.0 Å². The van der Waals surface area contributed by atoms with Crippen LogP contribution in [0.1, 0.15) is 17.3 Å². The summed E-state index contributed by atoms with van der Waals surface area (Å²) in [6.45, 7) is 7.13. The highest BCUT2D eigenvalue weighted by Crippen LogP contribution is 2.32. The molecule has 8 nitrogen and oxygen atoms in total. The first-order valence-corrected chi connectivity index (χ1v) is 8.44. The SMILES string of the molecule is CCOC(=NCCN1CCOCC1)NC(=O)c1ccc2c(c1)OCO2. The largest absolute Gasteiger partial charge is 0.465 e. The Hall–Kier alpha value is -2.32. The second-order valence-corrected chi connectivity index (χ2v) is 5.60. The van der Waals surface area contributed by atoms with Gasteiger partial charge in [0.2, 0.25) is 6.79 Å². The van der Waals surface area contributed by atoms with E-state index in [1.807, 2.05) is 6.92 Å². The van der Waals surface area contributed by atoms with Crippen LogP contribution in [0.15, 0.2) is 23.2 Å². The molecule has 0 aromatic heterocycles. The minimum atomic E-state index is -0.295. The predicted molar refractivity (Wildman–Crippen MR) is 91.2 cm³/mol. The number of amidine groups is 1. The average molecular weight is 349 g/mol. The first kappa shape index (κ1) is 17.5. The van der Waals surface area contributed by atoms with Crippen LogP contribution in [0.2, 0.25) is 0 Å². The topological polar surface area (TPSA) is 81.6 Å². The number of rotatable bonds is 5. The van der Waals surface area contributed by atoms with Crippen molar-refractivity contribution in [2.75, 3.05) is 52.8 Å². The van der Waals surface area contributed by atoms with Crippen LogP contribution in [-0.4, -0.2) is 69.6 Å². The number of aliphatic imine (C=N–C) groups is 1.